The first-order valence-electron chi connectivity index (χ1n) is 5.55. The third-order valence-corrected chi connectivity index (χ3v) is 2.91. The van der Waals surface area contributed by atoms with Gasteiger partial charge in [0.15, 0.2) is 0 Å². The first kappa shape index (κ1) is 14.4. The monoisotopic (exact) mass is 293 g/mol. The average Bonchev–Trinajstić information content (AvgIpc) is 2.45. The highest BCUT2D eigenvalue weighted by Gasteiger charge is 2.49. The van der Waals surface area contributed by atoms with Gasteiger partial charge in [-0.15, -0.1) is 0 Å². The lowest BCUT2D eigenvalue weighted by atomic mass is 10.0. The molecule has 0 saturated heterocycles. The topological polar surface area (TPSA) is 37.4 Å². The second kappa shape index (κ2) is 4.53. The van der Waals surface area contributed by atoms with Gasteiger partial charge in [0.1, 0.15) is 0 Å². The van der Waals surface area contributed by atoms with E-state index in [2.05, 4.69) is 0 Å². The van der Waals surface area contributed by atoms with Crippen LogP contribution in [0.15, 0.2) is 24.3 Å². The number of amides is 1. The Hall–Kier alpha value is -1.99. The normalized spacial score (nSPS) is 18.4. The molecule has 1 aliphatic heterocycles. The molecule has 8 heteroatoms. The Labute approximate surface area is 110 Å². The van der Waals surface area contributed by atoms with E-state index in [4.69, 9.17) is 0 Å². The molecule has 20 heavy (non-hydrogen) atoms. The summed E-state index contributed by atoms with van der Waals surface area (Å²) in [4.78, 5) is 23.1. The third-order valence-electron chi connectivity index (χ3n) is 2.91. The van der Waals surface area contributed by atoms with Crippen molar-refractivity contribution in [2.75, 3.05) is 11.4 Å². The summed E-state index contributed by atoms with van der Waals surface area (Å²) in [6.45, 7) is -0.881. The van der Waals surface area contributed by atoms with Crippen LogP contribution in [0.3, 0.4) is 0 Å². The summed E-state index contributed by atoms with van der Waals surface area (Å²) in [7, 11) is 0. The van der Waals surface area contributed by atoms with Gasteiger partial charge in [-0.3, -0.25) is 9.59 Å². The second-order valence-corrected chi connectivity index (χ2v) is 4.26. The molecule has 0 spiro atoms. The zero-order valence-electron chi connectivity index (χ0n) is 9.88. The Kier molecular flexibility index (Phi) is 3.27. The summed E-state index contributed by atoms with van der Waals surface area (Å²) < 4.78 is 64.5. The summed E-state index contributed by atoms with van der Waals surface area (Å²) in [5.74, 6) is -7.64. The Morgan fingerprint density at radius 2 is 1.80 bits per heavy atom. The standard InChI is InChI=1S/C12H8F5NO2/c13-11(14)5-6-18(10(20)12(15,16)17)8-4-2-1-3-7(8)9(11)19/h1-4H,5-6H2. The van der Waals surface area contributed by atoms with Crippen LogP contribution < -0.4 is 4.90 Å². The molecule has 3 nitrogen and oxygen atoms in total. The van der Waals surface area contributed by atoms with Gasteiger partial charge in [-0.1, -0.05) is 12.1 Å². The van der Waals surface area contributed by atoms with Crippen molar-refractivity contribution in [2.24, 2.45) is 0 Å². The fourth-order valence-electron chi connectivity index (χ4n) is 1.95. The number of rotatable bonds is 0. The van der Waals surface area contributed by atoms with Gasteiger partial charge < -0.3 is 4.90 Å². The van der Waals surface area contributed by atoms with E-state index in [1.165, 1.54) is 12.1 Å². The molecule has 0 aliphatic carbocycles. The van der Waals surface area contributed by atoms with Gasteiger partial charge in [0.05, 0.1) is 5.69 Å². The van der Waals surface area contributed by atoms with Gasteiger partial charge in [-0.25, -0.2) is 0 Å². The molecule has 1 aliphatic rings. The largest absolute Gasteiger partial charge is 0.471 e. The molecule has 108 valence electrons. The number of nitrogens with zero attached hydrogens (tertiary/aromatic N) is 1. The van der Waals surface area contributed by atoms with Gasteiger partial charge in [0, 0.05) is 18.5 Å². The van der Waals surface area contributed by atoms with Crippen molar-refractivity contribution in [1.29, 1.82) is 0 Å². The van der Waals surface area contributed by atoms with Gasteiger partial charge >= 0.3 is 18.0 Å². The van der Waals surface area contributed by atoms with E-state index in [0.29, 0.717) is 0 Å². The third kappa shape index (κ3) is 2.37. The molecule has 0 unspecified atom stereocenters. The molecule has 0 N–H and O–H groups in total. The molecule has 1 aromatic rings. The Morgan fingerprint density at radius 1 is 1.20 bits per heavy atom. The molecular formula is C12H8F5NO2. The predicted molar refractivity (Wildman–Crippen MR) is 58.7 cm³/mol. The van der Waals surface area contributed by atoms with Crippen molar-refractivity contribution in [1.82, 2.24) is 0 Å². The maximum absolute atomic E-state index is 13.5. The predicted octanol–water partition coefficient (Wildman–Crippen LogP) is 2.80. The Balaban J connectivity index is 2.55. The minimum atomic E-state index is -5.20. The SMILES string of the molecule is O=C(N1CCC(F)(F)C(=O)c2ccccc21)C(F)(F)F. The van der Waals surface area contributed by atoms with E-state index in [1.807, 2.05) is 0 Å². The first-order chi connectivity index (χ1) is 9.14. The zero-order valence-corrected chi connectivity index (χ0v) is 9.88. The molecule has 0 atom stereocenters. The second-order valence-electron chi connectivity index (χ2n) is 4.26. The van der Waals surface area contributed by atoms with Crippen LogP contribution in [0.2, 0.25) is 0 Å². The number of benzene rings is 1. The van der Waals surface area contributed by atoms with Crippen LogP contribution in [-0.2, 0) is 4.79 Å². The van der Waals surface area contributed by atoms with Crippen molar-refractivity contribution in [3.05, 3.63) is 29.8 Å². The Bertz CT molecular complexity index is 567. The number of para-hydroxylation sites is 1. The number of anilines is 1. The number of fused-ring (bicyclic) bond motifs is 1. The highest BCUT2D eigenvalue weighted by molar-refractivity contribution is 6.10. The summed E-state index contributed by atoms with van der Waals surface area (Å²) in [6.07, 6.45) is -6.35. The van der Waals surface area contributed by atoms with Crippen molar-refractivity contribution >= 4 is 17.4 Å². The zero-order chi connectivity index (χ0) is 15.1. The Morgan fingerprint density at radius 3 is 2.40 bits per heavy atom. The minimum absolute atomic E-state index is 0.175. The van der Waals surface area contributed by atoms with Crippen LogP contribution >= 0.6 is 0 Å². The summed E-state index contributed by atoms with van der Waals surface area (Å²) >= 11 is 0. The summed E-state index contributed by atoms with van der Waals surface area (Å²) in [5.41, 5.74) is -1.04. The van der Waals surface area contributed by atoms with E-state index >= 15 is 0 Å². The van der Waals surface area contributed by atoms with Crippen molar-refractivity contribution < 1.29 is 31.5 Å². The highest BCUT2D eigenvalue weighted by Crippen LogP contribution is 2.35. The van der Waals surface area contributed by atoms with Crippen molar-refractivity contribution in [3.63, 3.8) is 0 Å². The van der Waals surface area contributed by atoms with Gasteiger partial charge in [0.25, 0.3) is 0 Å². The van der Waals surface area contributed by atoms with Gasteiger partial charge in [0.2, 0.25) is 5.78 Å². The number of carbonyl (C=O) groups is 2. The van der Waals surface area contributed by atoms with Crippen LogP contribution in [0.25, 0.3) is 0 Å². The molecule has 0 radical (unpaired) electrons. The average molecular weight is 293 g/mol. The molecule has 0 bridgehead atoms. The summed E-state index contributed by atoms with van der Waals surface area (Å²) in [5, 5.41) is 0. The molecular weight excluding hydrogens is 285 g/mol. The van der Waals surface area contributed by atoms with Crippen LogP contribution in [0.5, 0.6) is 0 Å². The maximum atomic E-state index is 13.5. The highest BCUT2D eigenvalue weighted by atomic mass is 19.4. The van der Waals surface area contributed by atoms with Crippen LogP contribution in [0.4, 0.5) is 27.6 Å². The minimum Gasteiger partial charge on any atom is -0.304 e. The van der Waals surface area contributed by atoms with Crippen LogP contribution in [0.1, 0.15) is 16.8 Å². The molecule has 0 fully saturated rings. The van der Waals surface area contributed by atoms with E-state index in [0.717, 1.165) is 12.1 Å². The number of hydrogen-bond donors (Lipinski definition) is 0. The fourth-order valence-corrected chi connectivity index (χ4v) is 1.95. The summed E-state index contributed by atoms with van der Waals surface area (Å²) in [6, 6.07) is 4.53. The fraction of sp³-hybridized carbons (Fsp3) is 0.333. The van der Waals surface area contributed by atoms with Crippen LogP contribution in [-0.4, -0.2) is 30.3 Å². The molecule has 0 saturated carbocycles. The van der Waals surface area contributed by atoms with E-state index < -0.39 is 48.0 Å². The molecule has 1 aromatic carbocycles. The number of alkyl halides is 5. The van der Waals surface area contributed by atoms with Gasteiger partial charge in [-0.2, -0.15) is 22.0 Å². The number of Topliss-reactive ketones (excluding diaryl/α,β-unsaturated/α-hetero) is 1. The lowest BCUT2D eigenvalue weighted by Crippen LogP contribution is -2.42. The molecule has 1 amide bonds. The van der Waals surface area contributed by atoms with E-state index in [-0.39, 0.29) is 4.90 Å². The van der Waals surface area contributed by atoms with Crippen molar-refractivity contribution in [3.8, 4) is 0 Å². The smallest absolute Gasteiger partial charge is 0.304 e. The molecule has 1 heterocycles. The van der Waals surface area contributed by atoms with E-state index in [9.17, 15) is 31.5 Å². The van der Waals surface area contributed by atoms with Gasteiger partial charge in [-0.05, 0) is 12.1 Å². The van der Waals surface area contributed by atoms with Crippen molar-refractivity contribution in [2.45, 2.75) is 18.5 Å². The van der Waals surface area contributed by atoms with Crippen LogP contribution in [0, 0.1) is 0 Å². The quantitative estimate of drug-likeness (QED) is 0.690. The number of halogens is 5. The van der Waals surface area contributed by atoms with E-state index in [1.54, 1.807) is 0 Å². The number of ketones is 1. The lowest BCUT2D eigenvalue weighted by molar-refractivity contribution is -0.170. The number of hydrogen-bond acceptors (Lipinski definition) is 2. The molecule has 2 rings (SSSR count). The lowest BCUT2D eigenvalue weighted by Gasteiger charge is -2.23. The first-order valence-corrected chi connectivity index (χ1v) is 5.55. The number of carbonyl (C=O) groups excluding carboxylic acids is 2. The molecule has 0 aromatic heterocycles. The maximum Gasteiger partial charge on any atom is 0.471 e.